The Labute approximate surface area is 93.7 Å². The summed E-state index contributed by atoms with van der Waals surface area (Å²) in [6, 6.07) is 6.31. The molecule has 1 atom stereocenters. The molecule has 0 saturated heterocycles. The summed E-state index contributed by atoms with van der Waals surface area (Å²) in [5.41, 5.74) is 8.05. The summed E-state index contributed by atoms with van der Waals surface area (Å²) in [5, 5.41) is 4.07. The van der Waals surface area contributed by atoms with Crippen LogP contribution in [0.2, 0.25) is 0 Å². The molecular weight excluding hydrogens is 205 g/mol. The maximum atomic E-state index is 12.7. The summed E-state index contributed by atoms with van der Waals surface area (Å²) in [7, 11) is 1.86. The molecule has 1 unspecified atom stereocenters. The SMILES string of the molecule is Cn1cc(C(N)Cc2ccc(F)cc2)cn1. The van der Waals surface area contributed by atoms with Crippen molar-refractivity contribution in [2.75, 3.05) is 0 Å². The molecule has 3 nitrogen and oxygen atoms in total. The van der Waals surface area contributed by atoms with Gasteiger partial charge in [0.1, 0.15) is 5.82 Å². The van der Waals surface area contributed by atoms with Gasteiger partial charge in [-0.3, -0.25) is 4.68 Å². The van der Waals surface area contributed by atoms with E-state index in [0.717, 1.165) is 11.1 Å². The van der Waals surface area contributed by atoms with Crippen LogP contribution in [-0.4, -0.2) is 9.78 Å². The van der Waals surface area contributed by atoms with Gasteiger partial charge >= 0.3 is 0 Å². The minimum Gasteiger partial charge on any atom is -0.324 e. The zero-order valence-corrected chi connectivity index (χ0v) is 9.10. The number of halogens is 1. The molecule has 0 aliphatic heterocycles. The van der Waals surface area contributed by atoms with E-state index in [2.05, 4.69) is 5.10 Å². The number of hydrogen-bond acceptors (Lipinski definition) is 2. The first-order valence-electron chi connectivity index (χ1n) is 5.14. The predicted octanol–water partition coefficient (Wildman–Crippen LogP) is 1.80. The van der Waals surface area contributed by atoms with Crippen molar-refractivity contribution in [3.05, 3.63) is 53.6 Å². The highest BCUT2D eigenvalue weighted by Gasteiger charge is 2.08. The number of hydrogen-bond donors (Lipinski definition) is 1. The van der Waals surface area contributed by atoms with Gasteiger partial charge in [0.25, 0.3) is 0 Å². The van der Waals surface area contributed by atoms with Gasteiger partial charge in [-0.25, -0.2) is 4.39 Å². The second kappa shape index (κ2) is 4.45. The second-order valence-corrected chi connectivity index (χ2v) is 3.88. The Hall–Kier alpha value is -1.68. The van der Waals surface area contributed by atoms with Crippen LogP contribution in [0, 0.1) is 5.82 Å². The van der Waals surface area contributed by atoms with E-state index >= 15 is 0 Å². The van der Waals surface area contributed by atoms with Crippen LogP contribution >= 0.6 is 0 Å². The van der Waals surface area contributed by atoms with Crippen molar-refractivity contribution in [2.45, 2.75) is 12.5 Å². The molecule has 4 heteroatoms. The topological polar surface area (TPSA) is 43.8 Å². The number of aryl methyl sites for hydroxylation is 1. The lowest BCUT2D eigenvalue weighted by molar-refractivity contribution is 0.625. The van der Waals surface area contributed by atoms with E-state index in [9.17, 15) is 4.39 Å². The van der Waals surface area contributed by atoms with Crippen LogP contribution in [-0.2, 0) is 13.5 Å². The average molecular weight is 219 g/mol. The number of rotatable bonds is 3. The fourth-order valence-electron chi connectivity index (χ4n) is 1.62. The first-order chi connectivity index (χ1) is 7.65. The van der Waals surface area contributed by atoms with E-state index < -0.39 is 0 Å². The molecule has 0 amide bonds. The minimum absolute atomic E-state index is 0.0980. The lowest BCUT2D eigenvalue weighted by atomic mass is 10.0. The van der Waals surface area contributed by atoms with Gasteiger partial charge in [-0.1, -0.05) is 12.1 Å². The van der Waals surface area contributed by atoms with Crippen molar-refractivity contribution in [3.63, 3.8) is 0 Å². The molecule has 0 radical (unpaired) electrons. The van der Waals surface area contributed by atoms with Crippen molar-refractivity contribution in [2.24, 2.45) is 12.8 Å². The van der Waals surface area contributed by atoms with E-state index in [1.807, 2.05) is 13.2 Å². The van der Waals surface area contributed by atoms with E-state index in [-0.39, 0.29) is 11.9 Å². The highest BCUT2D eigenvalue weighted by Crippen LogP contribution is 2.15. The lowest BCUT2D eigenvalue weighted by Crippen LogP contribution is -2.12. The zero-order chi connectivity index (χ0) is 11.5. The van der Waals surface area contributed by atoms with Gasteiger partial charge in [-0.15, -0.1) is 0 Å². The Kier molecular flexibility index (Phi) is 3.01. The summed E-state index contributed by atoms with van der Waals surface area (Å²) >= 11 is 0. The summed E-state index contributed by atoms with van der Waals surface area (Å²) in [6.45, 7) is 0. The van der Waals surface area contributed by atoms with Crippen molar-refractivity contribution < 1.29 is 4.39 Å². The Morgan fingerprint density at radius 1 is 1.38 bits per heavy atom. The first-order valence-corrected chi connectivity index (χ1v) is 5.14. The molecule has 84 valence electrons. The van der Waals surface area contributed by atoms with E-state index in [1.54, 1.807) is 23.0 Å². The molecule has 1 heterocycles. The molecule has 0 saturated carbocycles. The average Bonchev–Trinajstić information content (AvgIpc) is 2.68. The van der Waals surface area contributed by atoms with Gasteiger partial charge in [0.15, 0.2) is 0 Å². The fraction of sp³-hybridized carbons (Fsp3) is 0.250. The van der Waals surface area contributed by atoms with Crippen LogP contribution in [0.15, 0.2) is 36.7 Å². The Morgan fingerprint density at radius 2 is 2.06 bits per heavy atom. The van der Waals surface area contributed by atoms with Gasteiger partial charge in [-0.05, 0) is 24.1 Å². The summed E-state index contributed by atoms with van der Waals surface area (Å²) in [6.07, 6.45) is 4.34. The Bertz CT molecular complexity index is 461. The monoisotopic (exact) mass is 219 g/mol. The fourth-order valence-corrected chi connectivity index (χ4v) is 1.62. The third-order valence-corrected chi connectivity index (χ3v) is 2.52. The van der Waals surface area contributed by atoms with E-state index in [1.165, 1.54) is 12.1 Å². The second-order valence-electron chi connectivity index (χ2n) is 3.88. The molecule has 2 aromatic rings. The summed E-state index contributed by atoms with van der Waals surface area (Å²) in [5.74, 6) is -0.223. The van der Waals surface area contributed by atoms with Crippen molar-refractivity contribution in [1.82, 2.24) is 9.78 Å². The Balaban J connectivity index is 2.07. The zero-order valence-electron chi connectivity index (χ0n) is 9.10. The van der Waals surface area contributed by atoms with Crippen molar-refractivity contribution in [1.29, 1.82) is 0 Å². The number of benzene rings is 1. The molecule has 0 fully saturated rings. The molecule has 1 aromatic heterocycles. The molecule has 0 bridgehead atoms. The minimum atomic E-state index is -0.223. The standard InChI is InChI=1S/C12H14FN3/c1-16-8-10(7-15-16)12(14)6-9-2-4-11(13)5-3-9/h2-5,7-8,12H,6,14H2,1H3. The lowest BCUT2D eigenvalue weighted by Gasteiger charge is -2.09. The molecule has 0 aliphatic carbocycles. The third kappa shape index (κ3) is 2.46. The maximum Gasteiger partial charge on any atom is 0.123 e. The van der Waals surface area contributed by atoms with Crippen LogP contribution < -0.4 is 5.73 Å². The van der Waals surface area contributed by atoms with Gasteiger partial charge < -0.3 is 5.73 Å². The molecule has 2 rings (SSSR count). The molecule has 16 heavy (non-hydrogen) atoms. The van der Waals surface area contributed by atoms with Gasteiger partial charge in [-0.2, -0.15) is 5.10 Å². The van der Waals surface area contributed by atoms with Crippen LogP contribution in [0.1, 0.15) is 17.2 Å². The molecule has 2 N–H and O–H groups in total. The summed E-state index contributed by atoms with van der Waals surface area (Å²) in [4.78, 5) is 0. The van der Waals surface area contributed by atoms with Crippen molar-refractivity contribution in [3.8, 4) is 0 Å². The van der Waals surface area contributed by atoms with Gasteiger partial charge in [0, 0.05) is 24.8 Å². The van der Waals surface area contributed by atoms with Crippen LogP contribution in [0.3, 0.4) is 0 Å². The van der Waals surface area contributed by atoms with Gasteiger partial charge in [0.2, 0.25) is 0 Å². The summed E-state index contributed by atoms with van der Waals surface area (Å²) < 4.78 is 14.4. The highest BCUT2D eigenvalue weighted by molar-refractivity contribution is 5.20. The number of nitrogens with zero attached hydrogens (tertiary/aromatic N) is 2. The van der Waals surface area contributed by atoms with Gasteiger partial charge in [0.05, 0.1) is 6.20 Å². The predicted molar refractivity (Wildman–Crippen MR) is 60.2 cm³/mol. The van der Waals surface area contributed by atoms with Crippen molar-refractivity contribution >= 4 is 0 Å². The molecule has 0 spiro atoms. The largest absolute Gasteiger partial charge is 0.324 e. The van der Waals surface area contributed by atoms with E-state index in [0.29, 0.717) is 6.42 Å². The Morgan fingerprint density at radius 3 is 2.62 bits per heavy atom. The first kappa shape index (κ1) is 10.8. The smallest absolute Gasteiger partial charge is 0.123 e. The van der Waals surface area contributed by atoms with Crippen LogP contribution in [0.5, 0.6) is 0 Å². The van der Waals surface area contributed by atoms with Crippen LogP contribution in [0.4, 0.5) is 4.39 Å². The van der Waals surface area contributed by atoms with E-state index in [4.69, 9.17) is 5.73 Å². The third-order valence-electron chi connectivity index (χ3n) is 2.52. The normalized spacial score (nSPS) is 12.7. The number of aromatic nitrogens is 2. The maximum absolute atomic E-state index is 12.7. The number of nitrogens with two attached hydrogens (primary N) is 1. The quantitative estimate of drug-likeness (QED) is 0.855. The molecule has 0 aliphatic rings. The van der Waals surface area contributed by atoms with Crippen LogP contribution in [0.25, 0.3) is 0 Å². The molecular formula is C12H14FN3. The molecule has 1 aromatic carbocycles. The highest BCUT2D eigenvalue weighted by atomic mass is 19.1.